The molecular formula is C33H35F2N7O5S. The van der Waals surface area contributed by atoms with Gasteiger partial charge in [0.1, 0.15) is 16.5 Å². The molecule has 3 aromatic heterocycles. The summed E-state index contributed by atoms with van der Waals surface area (Å²) in [5, 5.41) is 13.6. The molecule has 0 atom stereocenters. The third kappa shape index (κ3) is 7.27. The second-order valence-electron chi connectivity index (χ2n) is 10.7. The Bertz CT molecular complexity index is 2010. The van der Waals surface area contributed by atoms with Crippen molar-refractivity contribution in [3.63, 3.8) is 0 Å². The van der Waals surface area contributed by atoms with Crippen molar-refractivity contribution in [3.8, 4) is 22.1 Å². The van der Waals surface area contributed by atoms with Crippen LogP contribution in [0.2, 0.25) is 0 Å². The monoisotopic (exact) mass is 679 g/mol. The van der Waals surface area contributed by atoms with Crippen molar-refractivity contribution in [1.29, 1.82) is 0 Å². The summed E-state index contributed by atoms with van der Waals surface area (Å²) in [5.41, 5.74) is 0.00947. The second kappa shape index (κ2) is 15.3. The minimum atomic E-state index is -0.847. The molecule has 15 heteroatoms. The maximum absolute atomic E-state index is 15.0. The number of rotatable bonds is 13. The van der Waals surface area contributed by atoms with Crippen molar-refractivity contribution in [2.75, 3.05) is 45.8 Å². The number of hydrogen-bond donors (Lipinski definition) is 2. The lowest BCUT2D eigenvalue weighted by Crippen LogP contribution is -2.40. The number of nitrogens with one attached hydrogen (secondary N) is 2. The van der Waals surface area contributed by atoms with E-state index in [9.17, 15) is 23.2 Å². The normalized spacial score (nSPS) is 11.3. The van der Waals surface area contributed by atoms with Crippen LogP contribution in [0.3, 0.4) is 0 Å². The highest BCUT2D eigenvalue weighted by Crippen LogP contribution is 2.38. The highest BCUT2D eigenvalue weighted by molar-refractivity contribution is 7.22. The summed E-state index contributed by atoms with van der Waals surface area (Å²) >= 11 is 1.16. The average molecular weight is 680 g/mol. The fourth-order valence-corrected chi connectivity index (χ4v) is 6.43. The van der Waals surface area contributed by atoms with E-state index >= 15 is 0 Å². The molecule has 2 amide bonds. The number of thiophene rings is 1. The molecule has 5 aromatic rings. The Morgan fingerprint density at radius 1 is 1.00 bits per heavy atom. The van der Waals surface area contributed by atoms with Crippen LogP contribution in [0.5, 0.6) is 5.88 Å². The Balaban J connectivity index is 1.77. The van der Waals surface area contributed by atoms with Crippen LogP contribution in [-0.4, -0.2) is 70.7 Å². The Kier molecular flexibility index (Phi) is 10.9. The van der Waals surface area contributed by atoms with Crippen LogP contribution in [0.15, 0.2) is 64.2 Å². The molecule has 12 nitrogen and oxygen atoms in total. The van der Waals surface area contributed by atoms with Crippen molar-refractivity contribution >= 4 is 33.3 Å². The maximum Gasteiger partial charge on any atom is 0.338 e. The second-order valence-corrected chi connectivity index (χ2v) is 11.7. The molecule has 0 unspecified atom stereocenters. The molecule has 0 spiro atoms. The molecule has 0 aliphatic heterocycles. The zero-order valence-electron chi connectivity index (χ0n) is 26.9. The Labute approximate surface area is 278 Å². The average Bonchev–Trinajstić information content (AvgIpc) is 3.44. The summed E-state index contributed by atoms with van der Waals surface area (Å²) in [6, 6.07) is 13.0. The first-order valence-electron chi connectivity index (χ1n) is 15.2. The lowest BCUT2D eigenvalue weighted by Gasteiger charge is -2.18. The Morgan fingerprint density at radius 3 is 2.35 bits per heavy atom. The van der Waals surface area contributed by atoms with Gasteiger partial charge in [-0.05, 0) is 62.4 Å². The smallest absolute Gasteiger partial charge is 0.338 e. The van der Waals surface area contributed by atoms with E-state index in [-0.39, 0.29) is 40.1 Å². The number of halogens is 2. The number of carbonyl (C=O) groups excluding carboxylic acids is 1. The molecule has 0 saturated carbocycles. The van der Waals surface area contributed by atoms with Crippen molar-refractivity contribution in [2.45, 2.75) is 26.9 Å². The molecule has 0 aliphatic carbocycles. The van der Waals surface area contributed by atoms with Crippen molar-refractivity contribution < 1.29 is 23.0 Å². The van der Waals surface area contributed by atoms with Gasteiger partial charge in [0.2, 0.25) is 5.88 Å². The largest absolute Gasteiger partial charge is 0.480 e. The summed E-state index contributed by atoms with van der Waals surface area (Å²) in [4.78, 5) is 43.5. The van der Waals surface area contributed by atoms with Gasteiger partial charge in [0.15, 0.2) is 5.82 Å². The number of aromatic nitrogens is 4. The highest BCUT2D eigenvalue weighted by atomic mass is 32.1. The molecule has 5 rings (SSSR count). The number of nitrogens with zero attached hydrogens (tertiary/aromatic N) is 5. The Morgan fingerprint density at radius 2 is 1.73 bits per heavy atom. The fraction of sp³-hybridized carbons (Fsp3) is 0.303. The quantitative estimate of drug-likeness (QED) is 0.173. The molecule has 252 valence electrons. The van der Waals surface area contributed by atoms with Gasteiger partial charge in [-0.3, -0.25) is 14.3 Å². The fourth-order valence-electron chi connectivity index (χ4n) is 5.13. The predicted molar refractivity (Wildman–Crippen MR) is 180 cm³/mol. The van der Waals surface area contributed by atoms with Gasteiger partial charge in [-0.15, -0.1) is 21.5 Å². The lowest BCUT2D eigenvalue weighted by atomic mass is 10.1. The van der Waals surface area contributed by atoms with Crippen LogP contribution in [0, 0.1) is 11.6 Å². The number of methoxy groups -OCH3 is 1. The number of urea groups is 1. The van der Waals surface area contributed by atoms with Gasteiger partial charge in [-0.25, -0.2) is 22.9 Å². The number of carbonyl (C=O) groups is 1. The first kappa shape index (κ1) is 34.3. The van der Waals surface area contributed by atoms with E-state index in [4.69, 9.17) is 9.47 Å². The van der Waals surface area contributed by atoms with Gasteiger partial charge < -0.3 is 20.1 Å². The van der Waals surface area contributed by atoms with E-state index in [2.05, 4.69) is 20.8 Å². The lowest BCUT2D eigenvalue weighted by molar-refractivity contribution is 0.120. The van der Waals surface area contributed by atoms with Gasteiger partial charge in [0.25, 0.3) is 5.56 Å². The van der Waals surface area contributed by atoms with E-state index < -0.39 is 29.4 Å². The molecule has 2 aromatic carbocycles. The number of anilines is 1. The minimum Gasteiger partial charge on any atom is -0.480 e. The zero-order chi connectivity index (χ0) is 34.4. The number of fused-ring (bicyclic) bond motifs is 1. The van der Waals surface area contributed by atoms with Gasteiger partial charge in [0.05, 0.1) is 25.6 Å². The van der Waals surface area contributed by atoms with Crippen LogP contribution in [0.1, 0.15) is 25.0 Å². The molecule has 3 heterocycles. The number of benzene rings is 2. The molecule has 2 N–H and O–H groups in total. The van der Waals surface area contributed by atoms with Gasteiger partial charge >= 0.3 is 11.7 Å². The molecule has 0 fully saturated rings. The van der Waals surface area contributed by atoms with E-state index in [1.165, 1.54) is 29.9 Å². The van der Waals surface area contributed by atoms with Gasteiger partial charge in [0, 0.05) is 48.4 Å². The van der Waals surface area contributed by atoms with Crippen LogP contribution in [0.25, 0.3) is 26.5 Å². The summed E-state index contributed by atoms with van der Waals surface area (Å²) in [5.74, 6) is -1.58. The summed E-state index contributed by atoms with van der Waals surface area (Å²) in [6.07, 6.45) is 0. The molecule has 0 bridgehead atoms. The SMILES string of the molecule is CCNC(=O)Nc1ccc(-c2sc3c(c2CN(C)CCOCC)c(=O)n(-c2ccc(OC)nn2)c(=O)n3Cc2c(F)cccc2F)cc1. The van der Waals surface area contributed by atoms with Gasteiger partial charge in [-0.1, -0.05) is 18.2 Å². The molecule has 0 radical (unpaired) electrons. The standard InChI is InChI=1S/C33H35F2N7O5S/c1-5-36-32(44)37-21-12-10-20(11-13-21)29-23(18-40(3)16-17-47-6-2)28-30(43)42(26-14-15-27(46-4)39-38-26)33(45)41(31(28)48-29)19-22-24(34)8-7-9-25(22)35/h7-15H,5-6,16-19H2,1-4H3,(H2,36,37,44). The van der Waals surface area contributed by atoms with Crippen LogP contribution >= 0.6 is 11.3 Å². The third-order valence-corrected chi connectivity index (χ3v) is 8.81. The van der Waals surface area contributed by atoms with E-state index in [0.717, 1.165) is 28.0 Å². The number of ether oxygens (including phenoxy) is 2. The van der Waals surface area contributed by atoms with Crippen molar-refractivity contribution in [3.05, 3.63) is 98.2 Å². The van der Waals surface area contributed by atoms with Crippen LogP contribution in [0.4, 0.5) is 19.3 Å². The zero-order valence-corrected chi connectivity index (χ0v) is 27.7. The topological polar surface area (TPSA) is 133 Å². The molecule has 0 aliphatic rings. The van der Waals surface area contributed by atoms with E-state index in [0.29, 0.717) is 48.0 Å². The minimum absolute atomic E-state index is 0.0837. The molecule has 48 heavy (non-hydrogen) atoms. The summed E-state index contributed by atoms with van der Waals surface area (Å²) < 4.78 is 42.7. The summed E-state index contributed by atoms with van der Waals surface area (Å²) in [6.45, 7) is 5.49. The maximum atomic E-state index is 15.0. The van der Waals surface area contributed by atoms with E-state index in [1.54, 1.807) is 24.3 Å². The predicted octanol–water partition coefficient (Wildman–Crippen LogP) is 4.62. The van der Waals surface area contributed by atoms with Gasteiger partial charge in [-0.2, -0.15) is 0 Å². The van der Waals surface area contributed by atoms with Crippen molar-refractivity contribution in [2.24, 2.45) is 0 Å². The summed E-state index contributed by atoms with van der Waals surface area (Å²) in [7, 11) is 3.28. The van der Waals surface area contributed by atoms with Crippen LogP contribution < -0.4 is 26.6 Å². The van der Waals surface area contributed by atoms with Crippen LogP contribution in [-0.2, 0) is 17.8 Å². The molecule has 0 saturated heterocycles. The number of hydrogen-bond acceptors (Lipinski definition) is 9. The van der Waals surface area contributed by atoms with E-state index in [1.807, 2.05) is 25.8 Å². The third-order valence-electron chi connectivity index (χ3n) is 7.51. The Hall–Kier alpha value is -4.99. The highest BCUT2D eigenvalue weighted by Gasteiger charge is 2.26. The number of likely N-dealkylation sites (N-methyl/N-ethyl adjacent to an activating group) is 1. The number of amides is 2. The first-order chi connectivity index (χ1) is 23.2. The molecular weight excluding hydrogens is 644 g/mol. The van der Waals surface area contributed by atoms with Crippen molar-refractivity contribution in [1.82, 2.24) is 29.5 Å². The first-order valence-corrected chi connectivity index (χ1v) is 16.0.